The van der Waals surface area contributed by atoms with Gasteiger partial charge in [0.05, 0.1) is 16.5 Å². The molecule has 2 unspecified atom stereocenters. The molecule has 6 heteroatoms. The number of hydrogen-bond donors (Lipinski definition) is 3. The van der Waals surface area contributed by atoms with E-state index in [1.54, 1.807) is 6.07 Å². The van der Waals surface area contributed by atoms with Crippen molar-refractivity contribution in [1.29, 1.82) is 0 Å². The Hall–Kier alpha value is -1.56. The zero-order chi connectivity index (χ0) is 15.9. The van der Waals surface area contributed by atoms with Crippen molar-refractivity contribution in [2.75, 3.05) is 6.54 Å². The lowest BCUT2D eigenvalue weighted by Crippen LogP contribution is -2.41. The topological polar surface area (TPSA) is 61.4 Å². The van der Waals surface area contributed by atoms with Gasteiger partial charge in [0.1, 0.15) is 0 Å². The number of benzene rings is 1. The second kappa shape index (κ2) is 8.17. The number of aliphatic hydroxyl groups excluding tert-OH is 1. The summed E-state index contributed by atoms with van der Waals surface area (Å²) < 4.78 is 0.697. The molecule has 0 saturated carbocycles. The molecule has 2 atom stereocenters. The first-order chi connectivity index (χ1) is 10.5. The van der Waals surface area contributed by atoms with Crippen LogP contribution in [0.25, 0.3) is 0 Å². The standard InChI is InChI=1S/C16H19ClN2O2S/c1-11(14-7-8-15(17)22-14)19-16(21)18-10-13(20)9-12-5-3-2-4-6-12/h2-8,11,13,20H,9-10H2,1H3,(H2,18,19,21). The Morgan fingerprint density at radius 3 is 2.64 bits per heavy atom. The Kier molecular flexibility index (Phi) is 6.24. The quantitative estimate of drug-likeness (QED) is 0.756. The van der Waals surface area contributed by atoms with Crippen LogP contribution in [-0.4, -0.2) is 23.8 Å². The molecule has 2 amide bonds. The molecule has 0 spiro atoms. The van der Waals surface area contributed by atoms with E-state index >= 15 is 0 Å². The minimum Gasteiger partial charge on any atom is -0.391 e. The number of nitrogens with one attached hydrogen (secondary N) is 2. The molecule has 0 aliphatic heterocycles. The van der Waals surface area contributed by atoms with Crippen LogP contribution in [0.3, 0.4) is 0 Å². The number of amides is 2. The molecule has 0 radical (unpaired) electrons. The first-order valence-corrected chi connectivity index (χ1v) is 8.25. The normalized spacial score (nSPS) is 13.4. The van der Waals surface area contributed by atoms with Gasteiger partial charge in [-0.15, -0.1) is 11.3 Å². The van der Waals surface area contributed by atoms with E-state index in [-0.39, 0.29) is 18.6 Å². The Balaban J connectivity index is 1.73. The molecule has 0 saturated heterocycles. The van der Waals surface area contributed by atoms with Crippen LogP contribution in [0.5, 0.6) is 0 Å². The highest BCUT2D eigenvalue weighted by Gasteiger charge is 2.13. The molecular weight excluding hydrogens is 320 g/mol. The minimum atomic E-state index is -0.611. The van der Waals surface area contributed by atoms with Gasteiger partial charge in [0, 0.05) is 17.8 Å². The maximum Gasteiger partial charge on any atom is 0.315 e. The van der Waals surface area contributed by atoms with E-state index in [9.17, 15) is 9.90 Å². The van der Waals surface area contributed by atoms with Crippen molar-refractivity contribution in [3.63, 3.8) is 0 Å². The molecule has 0 bridgehead atoms. The van der Waals surface area contributed by atoms with E-state index in [2.05, 4.69) is 10.6 Å². The molecule has 3 N–H and O–H groups in total. The highest BCUT2D eigenvalue weighted by Crippen LogP contribution is 2.26. The van der Waals surface area contributed by atoms with Crippen molar-refractivity contribution in [2.45, 2.75) is 25.5 Å². The number of rotatable bonds is 6. The second-order valence-corrected chi connectivity index (χ2v) is 6.81. The number of halogens is 1. The number of carbonyl (C=O) groups excluding carboxylic acids is 1. The van der Waals surface area contributed by atoms with E-state index in [0.717, 1.165) is 10.4 Å². The van der Waals surface area contributed by atoms with Crippen LogP contribution < -0.4 is 10.6 Å². The Morgan fingerprint density at radius 2 is 2.00 bits per heavy atom. The Bertz CT molecular complexity index is 603. The van der Waals surface area contributed by atoms with Crippen molar-refractivity contribution < 1.29 is 9.90 Å². The highest BCUT2D eigenvalue weighted by molar-refractivity contribution is 7.16. The third-order valence-corrected chi connectivity index (χ3v) is 4.59. The summed E-state index contributed by atoms with van der Waals surface area (Å²) in [6.45, 7) is 2.10. The molecule has 1 aromatic carbocycles. The molecule has 118 valence electrons. The van der Waals surface area contributed by atoms with Crippen LogP contribution >= 0.6 is 22.9 Å². The highest BCUT2D eigenvalue weighted by atomic mass is 35.5. The molecule has 22 heavy (non-hydrogen) atoms. The smallest absolute Gasteiger partial charge is 0.315 e. The SMILES string of the molecule is CC(NC(=O)NCC(O)Cc1ccccc1)c1ccc(Cl)s1. The van der Waals surface area contributed by atoms with E-state index < -0.39 is 6.10 Å². The van der Waals surface area contributed by atoms with E-state index in [1.165, 1.54) is 11.3 Å². The van der Waals surface area contributed by atoms with Crippen LogP contribution in [0.15, 0.2) is 42.5 Å². The molecule has 2 rings (SSSR count). The minimum absolute atomic E-state index is 0.122. The van der Waals surface area contributed by atoms with Crippen molar-refractivity contribution in [3.8, 4) is 0 Å². The zero-order valence-corrected chi connectivity index (χ0v) is 13.8. The molecule has 0 aliphatic carbocycles. The molecule has 0 aliphatic rings. The zero-order valence-electron chi connectivity index (χ0n) is 12.3. The maximum absolute atomic E-state index is 11.8. The van der Waals surface area contributed by atoms with Gasteiger partial charge in [-0.05, 0) is 24.6 Å². The monoisotopic (exact) mass is 338 g/mol. The Morgan fingerprint density at radius 1 is 1.27 bits per heavy atom. The summed E-state index contributed by atoms with van der Waals surface area (Å²) in [4.78, 5) is 12.8. The van der Waals surface area contributed by atoms with Crippen LogP contribution in [0.4, 0.5) is 4.79 Å². The fourth-order valence-electron chi connectivity index (χ4n) is 2.05. The largest absolute Gasteiger partial charge is 0.391 e. The van der Waals surface area contributed by atoms with Crippen molar-refractivity contribution in [2.24, 2.45) is 0 Å². The number of aliphatic hydroxyl groups is 1. The van der Waals surface area contributed by atoms with Gasteiger partial charge in [0.15, 0.2) is 0 Å². The molecule has 1 heterocycles. The van der Waals surface area contributed by atoms with Crippen LogP contribution in [0, 0.1) is 0 Å². The summed E-state index contributed by atoms with van der Waals surface area (Å²) >= 11 is 7.32. The van der Waals surface area contributed by atoms with Gasteiger partial charge < -0.3 is 15.7 Å². The predicted octanol–water partition coefficient (Wildman–Crippen LogP) is 3.37. The summed E-state index contributed by atoms with van der Waals surface area (Å²) in [5.41, 5.74) is 1.04. The van der Waals surface area contributed by atoms with Gasteiger partial charge in [0.25, 0.3) is 0 Å². The lowest BCUT2D eigenvalue weighted by molar-refractivity contribution is 0.170. The fourth-order valence-corrected chi connectivity index (χ4v) is 3.11. The van der Waals surface area contributed by atoms with E-state index in [0.29, 0.717) is 10.8 Å². The lowest BCUT2D eigenvalue weighted by atomic mass is 10.1. The van der Waals surface area contributed by atoms with Gasteiger partial charge in [-0.25, -0.2) is 4.79 Å². The maximum atomic E-state index is 11.8. The Labute approximate surface area is 139 Å². The number of thiophene rings is 1. The van der Waals surface area contributed by atoms with Gasteiger partial charge in [-0.2, -0.15) is 0 Å². The molecule has 2 aromatic rings. The summed E-state index contributed by atoms with van der Waals surface area (Å²) in [6, 6.07) is 13.0. The second-order valence-electron chi connectivity index (χ2n) is 5.06. The summed E-state index contributed by atoms with van der Waals surface area (Å²) in [7, 11) is 0. The molecule has 0 fully saturated rings. The number of carbonyl (C=O) groups is 1. The average Bonchev–Trinajstić information content (AvgIpc) is 2.93. The van der Waals surface area contributed by atoms with Gasteiger partial charge in [-0.3, -0.25) is 0 Å². The van der Waals surface area contributed by atoms with Crippen molar-refractivity contribution in [3.05, 3.63) is 57.2 Å². The van der Waals surface area contributed by atoms with Crippen molar-refractivity contribution >= 4 is 29.0 Å². The summed E-state index contributed by atoms with van der Waals surface area (Å²) in [6.07, 6.45) is -0.100. The lowest BCUT2D eigenvalue weighted by Gasteiger charge is -2.15. The van der Waals surface area contributed by atoms with Gasteiger partial charge in [0.2, 0.25) is 0 Å². The van der Waals surface area contributed by atoms with Gasteiger partial charge >= 0.3 is 6.03 Å². The number of urea groups is 1. The van der Waals surface area contributed by atoms with E-state index in [4.69, 9.17) is 11.6 Å². The first-order valence-electron chi connectivity index (χ1n) is 7.06. The summed E-state index contributed by atoms with van der Waals surface area (Å²) in [5.74, 6) is 0. The third kappa shape index (κ3) is 5.33. The predicted molar refractivity (Wildman–Crippen MR) is 90.4 cm³/mol. The molecule has 4 nitrogen and oxygen atoms in total. The average molecular weight is 339 g/mol. The third-order valence-electron chi connectivity index (χ3n) is 3.18. The van der Waals surface area contributed by atoms with E-state index in [1.807, 2.05) is 43.3 Å². The van der Waals surface area contributed by atoms with Gasteiger partial charge in [-0.1, -0.05) is 41.9 Å². The van der Waals surface area contributed by atoms with Crippen LogP contribution in [0.1, 0.15) is 23.4 Å². The molecular formula is C16H19ClN2O2S. The van der Waals surface area contributed by atoms with Crippen molar-refractivity contribution in [1.82, 2.24) is 10.6 Å². The van der Waals surface area contributed by atoms with Crippen LogP contribution in [-0.2, 0) is 6.42 Å². The summed E-state index contributed by atoms with van der Waals surface area (Å²) in [5, 5.41) is 15.4. The van der Waals surface area contributed by atoms with Crippen LogP contribution in [0.2, 0.25) is 4.34 Å². The fraction of sp³-hybridized carbons (Fsp3) is 0.312. The first kappa shape index (κ1) is 16.8. The molecule has 1 aromatic heterocycles. The number of hydrogen-bond acceptors (Lipinski definition) is 3.